The molecule has 4 N–H and O–H groups in total. The number of nitrogens with two attached hydrogens (primary N) is 1. The van der Waals surface area contributed by atoms with E-state index in [1.54, 1.807) is 11.3 Å². The van der Waals surface area contributed by atoms with Crippen LogP contribution in [0.3, 0.4) is 0 Å². The zero-order valence-electron chi connectivity index (χ0n) is 11.3. The molecule has 0 saturated carbocycles. The van der Waals surface area contributed by atoms with Gasteiger partial charge in [0.2, 0.25) is 5.91 Å². The van der Waals surface area contributed by atoms with Crippen molar-refractivity contribution in [3.63, 3.8) is 0 Å². The Morgan fingerprint density at radius 2 is 2.25 bits per heavy atom. The van der Waals surface area contributed by atoms with Gasteiger partial charge in [-0.2, -0.15) is 0 Å². The summed E-state index contributed by atoms with van der Waals surface area (Å²) in [4.78, 5) is 12.7. The van der Waals surface area contributed by atoms with Gasteiger partial charge in [-0.05, 0) is 42.5 Å². The van der Waals surface area contributed by atoms with Gasteiger partial charge in [-0.25, -0.2) is 0 Å². The summed E-state index contributed by atoms with van der Waals surface area (Å²) in [5, 5.41) is 8.38. The Balaban J connectivity index is 1.85. The number of nitrogen functional groups attached to an aromatic ring is 1. The lowest BCUT2D eigenvalue weighted by atomic mass is 10.0. The smallest absolute Gasteiger partial charge is 0.224 e. The molecular weight excluding hydrogens is 270 g/mol. The number of carbonyl (C=O) groups is 1. The van der Waals surface area contributed by atoms with E-state index >= 15 is 0 Å². The number of aryl methyl sites for hydroxylation is 1. The van der Waals surface area contributed by atoms with Crippen molar-refractivity contribution in [2.45, 2.75) is 25.8 Å². The number of anilines is 3. The molecule has 1 aromatic carbocycles. The number of rotatable bonds is 3. The third-order valence-electron chi connectivity index (χ3n) is 3.51. The van der Waals surface area contributed by atoms with E-state index in [9.17, 15) is 4.79 Å². The van der Waals surface area contributed by atoms with E-state index in [0.29, 0.717) is 12.1 Å². The molecule has 1 aromatic heterocycles. The summed E-state index contributed by atoms with van der Waals surface area (Å²) in [7, 11) is 0. The Kier molecular flexibility index (Phi) is 3.36. The number of carbonyl (C=O) groups excluding carboxylic acids is 1. The van der Waals surface area contributed by atoms with Crippen molar-refractivity contribution in [2.24, 2.45) is 0 Å². The largest absolute Gasteiger partial charge is 0.397 e. The molecular formula is C15H17N3OS. The molecule has 104 valence electrons. The van der Waals surface area contributed by atoms with Crippen LogP contribution in [0.15, 0.2) is 29.6 Å². The van der Waals surface area contributed by atoms with E-state index in [4.69, 9.17) is 5.73 Å². The molecule has 1 aliphatic heterocycles. The molecule has 0 saturated heterocycles. The number of amides is 1. The van der Waals surface area contributed by atoms with Gasteiger partial charge in [0.15, 0.2) is 0 Å². The highest BCUT2D eigenvalue weighted by molar-refractivity contribution is 7.10. The van der Waals surface area contributed by atoms with E-state index in [0.717, 1.165) is 23.4 Å². The molecule has 1 unspecified atom stereocenters. The number of fused-ring (bicyclic) bond motifs is 1. The quantitative estimate of drug-likeness (QED) is 0.758. The SMILES string of the molecule is CC(Nc1cc2c(cc1N)NC(=O)CC2)c1cccs1. The first kappa shape index (κ1) is 13.0. The monoisotopic (exact) mass is 287 g/mol. The number of hydrogen-bond acceptors (Lipinski definition) is 4. The van der Waals surface area contributed by atoms with Crippen LogP contribution in [0.5, 0.6) is 0 Å². The maximum absolute atomic E-state index is 11.4. The van der Waals surface area contributed by atoms with Crippen molar-refractivity contribution < 1.29 is 4.79 Å². The van der Waals surface area contributed by atoms with Crippen molar-refractivity contribution >= 4 is 34.3 Å². The Labute approximate surface area is 122 Å². The first-order valence-corrected chi connectivity index (χ1v) is 7.53. The van der Waals surface area contributed by atoms with Crippen molar-refractivity contribution in [3.8, 4) is 0 Å². The molecule has 4 nitrogen and oxygen atoms in total. The normalized spacial score (nSPS) is 15.3. The number of nitrogens with one attached hydrogen (secondary N) is 2. The minimum atomic E-state index is 0.0598. The summed E-state index contributed by atoms with van der Waals surface area (Å²) in [5.41, 5.74) is 9.65. The third-order valence-corrected chi connectivity index (χ3v) is 4.57. The molecule has 0 aliphatic carbocycles. The standard InChI is InChI=1S/C15H17N3OS/c1-9(14-3-2-6-20-14)17-13-7-10-4-5-15(19)18-12(10)8-11(13)16/h2-3,6-9,17H,4-5,16H2,1H3,(H,18,19). The highest BCUT2D eigenvalue weighted by Gasteiger charge is 2.17. The van der Waals surface area contributed by atoms with Gasteiger partial charge in [0.05, 0.1) is 17.4 Å². The van der Waals surface area contributed by atoms with Gasteiger partial charge in [-0.3, -0.25) is 4.79 Å². The molecule has 0 radical (unpaired) electrons. The minimum Gasteiger partial charge on any atom is -0.397 e. The summed E-state index contributed by atoms with van der Waals surface area (Å²) in [5.74, 6) is 0.0598. The molecule has 1 aliphatic rings. The zero-order chi connectivity index (χ0) is 14.1. The van der Waals surface area contributed by atoms with Crippen LogP contribution in [0.2, 0.25) is 0 Å². The predicted molar refractivity (Wildman–Crippen MR) is 84.2 cm³/mol. The number of thiophene rings is 1. The van der Waals surface area contributed by atoms with Crippen molar-refractivity contribution in [1.82, 2.24) is 0 Å². The van der Waals surface area contributed by atoms with Crippen LogP contribution < -0.4 is 16.4 Å². The van der Waals surface area contributed by atoms with E-state index in [1.165, 1.54) is 4.88 Å². The molecule has 0 fully saturated rings. The average Bonchev–Trinajstić information content (AvgIpc) is 2.94. The summed E-state index contributed by atoms with van der Waals surface area (Å²) in [6, 6.07) is 8.26. The maximum atomic E-state index is 11.4. The van der Waals surface area contributed by atoms with Crippen molar-refractivity contribution in [1.29, 1.82) is 0 Å². The van der Waals surface area contributed by atoms with Gasteiger partial charge < -0.3 is 16.4 Å². The molecule has 1 amide bonds. The van der Waals surface area contributed by atoms with Gasteiger partial charge in [0.25, 0.3) is 0 Å². The van der Waals surface area contributed by atoms with Gasteiger partial charge in [-0.1, -0.05) is 6.07 Å². The molecule has 0 bridgehead atoms. The van der Waals surface area contributed by atoms with Crippen LogP contribution in [-0.4, -0.2) is 5.91 Å². The molecule has 2 heterocycles. The molecule has 1 atom stereocenters. The van der Waals surface area contributed by atoms with E-state index in [1.807, 2.05) is 18.2 Å². The summed E-state index contributed by atoms with van der Waals surface area (Å²) in [6.07, 6.45) is 1.31. The van der Waals surface area contributed by atoms with Crippen LogP contribution >= 0.6 is 11.3 Å². The lowest BCUT2D eigenvalue weighted by Crippen LogP contribution is -2.19. The Hall–Kier alpha value is -2.01. The fraction of sp³-hybridized carbons (Fsp3) is 0.267. The second kappa shape index (κ2) is 5.17. The van der Waals surface area contributed by atoms with Gasteiger partial charge in [0.1, 0.15) is 0 Å². The van der Waals surface area contributed by atoms with Crippen molar-refractivity contribution in [2.75, 3.05) is 16.4 Å². The van der Waals surface area contributed by atoms with E-state index in [2.05, 4.69) is 29.0 Å². The minimum absolute atomic E-state index is 0.0598. The van der Waals surface area contributed by atoms with Crippen molar-refractivity contribution in [3.05, 3.63) is 40.1 Å². The fourth-order valence-corrected chi connectivity index (χ4v) is 3.15. The summed E-state index contributed by atoms with van der Waals surface area (Å²) >= 11 is 1.72. The molecule has 20 heavy (non-hydrogen) atoms. The first-order chi connectivity index (χ1) is 9.63. The Morgan fingerprint density at radius 3 is 3.00 bits per heavy atom. The molecule has 3 rings (SSSR count). The number of hydrogen-bond donors (Lipinski definition) is 3. The fourth-order valence-electron chi connectivity index (χ4n) is 2.41. The molecule has 0 spiro atoms. The van der Waals surface area contributed by atoms with E-state index < -0.39 is 0 Å². The first-order valence-electron chi connectivity index (χ1n) is 6.65. The molecule has 2 aromatic rings. The average molecular weight is 287 g/mol. The second-order valence-electron chi connectivity index (χ2n) is 5.03. The van der Waals surface area contributed by atoms with Gasteiger partial charge in [0, 0.05) is 17.0 Å². The van der Waals surface area contributed by atoms with E-state index in [-0.39, 0.29) is 11.9 Å². The second-order valence-corrected chi connectivity index (χ2v) is 6.01. The highest BCUT2D eigenvalue weighted by Crippen LogP contribution is 2.33. The molecule has 5 heteroatoms. The zero-order valence-corrected chi connectivity index (χ0v) is 12.1. The Morgan fingerprint density at radius 1 is 1.40 bits per heavy atom. The Bertz CT molecular complexity index is 637. The van der Waals surface area contributed by atoms with Gasteiger partial charge in [-0.15, -0.1) is 11.3 Å². The summed E-state index contributed by atoms with van der Waals surface area (Å²) < 4.78 is 0. The lowest BCUT2D eigenvalue weighted by Gasteiger charge is -2.21. The lowest BCUT2D eigenvalue weighted by molar-refractivity contribution is -0.116. The van der Waals surface area contributed by atoms with Crippen LogP contribution in [0, 0.1) is 0 Å². The predicted octanol–water partition coefficient (Wildman–Crippen LogP) is 3.39. The third kappa shape index (κ3) is 2.49. The van der Waals surface area contributed by atoms with Crippen LogP contribution in [-0.2, 0) is 11.2 Å². The highest BCUT2D eigenvalue weighted by atomic mass is 32.1. The van der Waals surface area contributed by atoms with Crippen LogP contribution in [0.1, 0.15) is 29.8 Å². The van der Waals surface area contributed by atoms with Crippen LogP contribution in [0.25, 0.3) is 0 Å². The summed E-state index contributed by atoms with van der Waals surface area (Å²) in [6.45, 7) is 2.12. The maximum Gasteiger partial charge on any atom is 0.224 e. The topological polar surface area (TPSA) is 67.2 Å². The number of benzene rings is 1. The van der Waals surface area contributed by atoms with Gasteiger partial charge >= 0.3 is 0 Å². The van der Waals surface area contributed by atoms with Crippen LogP contribution in [0.4, 0.5) is 17.1 Å².